The Bertz CT molecular complexity index is 1330. The first-order valence-corrected chi connectivity index (χ1v) is 13.1. The van der Waals surface area contributed by atoms with Crippen LogP contribution in [0.1, 0.15) is 74.5 Å². The minimum absolute atomic E-state index is 0.0554. The third-order valence-electron chi connectivity index (χ3n) is 7.84. The molecule has 0 aliphatic carbocycles. The molecule has 2 aliphatic heterocycles. The maximum atomic E-state index is 14.1. The highest BCUT2D eigenvalue weighted by molar-refractivity contribution is 6.25. The van der Waals surface area contributed by atoms with Crippen LogP contribution in [0.3, 0.4) is 0 Å². The number of imide groups is 1. The number of carbonyl (C=O) groups excluding carboxylic acids is 3. The normalized spacial score (nSPS) is 20.0. The van der Waals surface area contributed by atoms with Crippen molar-refractivity contribution in [2.75, 3.05) is 11.4 Å². The van der Waals surface area contributed by atoms with Crippen LogP contribution in [-0.2, 0) is 16.8 Å². The van der Waals surface area contributed by atoms with Crippen molar-refractivity contribution in [1.29, 1.82) is 0 Å². The number of amides is 4. The van der Waals surface area contributed by atoms with E-state index in [2.05, 4.69) is 24.1 Å². The average molecular weight is 487 g/mol. The topological polar surface area (TPSA) is 85.5 Å². The van der Waals surface area contributed by atoms with E-state index in [4.69, 9.17) is 0 Å². The Kier molecular flexibility index (Phi) is 6.33. The van der Waals surface area contributed by atoms with Gasteiger partial charge in [0.25, 0.3) is 11.8 Å². The predicted molar refractivity (Wildman–Crippen MR) is 141 cm³/mol. The lowest BCUT2D eigenvalue weighted by molar-refractivity contribution is -0.125. The van der Waals surface area contributed by atoms with Gasteiger partial charge >= 0.3 is 6.03 Å². The summed E-state index contributed by atoms with van der Waals surface area (Å²) < 4.78 is 0. The first-order chi connectivity index (χ1) is 17.4. The zero-order valence-corrected chi connectivity index (χ0v) is 21.3. The highest BCUT2D eigenvalue weighted by atomic mass is 16.2. The molecule has 0 radical (unpaired) electrons. The van der Waals surface area contributed by atoms with Gasteiger partial charge in [-0.3, -0.25) is 9.59 Å². The molecule has 1 fully saturated rings. The van der Waals surface area contributed by atoms with E-state index in [1.54, 1.807) is 29.2 Å². The fourth-order valence-corrected chi connectivity index (χ4v) is 5.75. The maximum Gasteiger partial charge on any atom is 0.332 e. The number of hydrogen-bond donors (Lipinski definition) is 2. The van der Waals surface area contributed by atoms with Gasteiger partial charge in [-0.15, -0.1) is 0 Å². The van der Waals surface area contributed by atoms with Crippen molar-refractivity contribution in [3.63, 3.8) is 0 Å². The molecule has 2 aromatic carbocycles. The molecule has 7 heteroatoms. The van der Waals surface area contributed by atoms with Crippen molar-refractivity contribution in [3.8, 4) is 0 Å². The summed E-state index contributed by atoms with van der Waals surface area (Å²) in [4.78, 5) is 47.4. The number of anilines is 1. The Morgan fingerprint density at radius 3 is 2.61 bits per heavy atom. The highest BCUT2D eigenvalue weighted by Gasteiger charge is 2.59. The van der Waals surface area contributed by atoms with Crippen molar-refractivity contribution in [2.45, 2.75) is 70.9 Å². The van der Waals surface area contributed by atoms with Crippen molar-refractivity contribution in [2.24, 2.45) is 0 Å². The lowest BCUT2D eigenvalue weighted by Crippen LogP contribution is -2.49. The molecule has 36 heavy (non-hydrogen) atoms. The fraction of sp³-hybridized carbons (Fsp3) is 0.414. The predicted octanol–water partition coefficient (Wildman–Crippen LogP) is 5.50. The average Bonchev–Trinajstić information content (AvgIpc) is 3.37. The standard InChI is InChI=1S/C29H34N4O3/c1-4-6-7-12-19(5-2)30-26(34)22-14-9-11-16-24(22)33-27(35)29(3)25-21(17-18-32(29)28(33)36)20-13-8-10-15-23(20)31-25/h8-11,13-16,19,31H,4-7,12,17-18H2,1-3H3,(H,30,34)/t19?,29-/m0/s1. The molecular weight excluding hydrogens is 452 g/mol. The molecule has 1 saturated heterocycles. The lowest BCUT2D eigenvalue weighted by Gasteiger charge is -2.35. The second kappa shape index (κ2) is 9.45. The summed E-state index contributed by atoms with van der Waals surface area (Å²) in [6.45, 7) is 6.47. The number of hydrogen-bond acceptors (Lipinski definition) is 3. The van der Waals surface area contributed by atoms with Crippen molar-refractivity contribution >= 4 is 34.4 Å². The number of aromatic amines is 1. The summed E-state index contributed by atoms with van der Waals surface area (Å²) in [5.74, 6) is -0.592. The molecule has 3 heterocycles. The van der Waals surface area contributed by atoms with Gasteiger partial charge in [-0.05, 0) is 49.9 Å². The number of H-pyrrole nitrogens is 1. The number of fused-ring (bicyclic) bond motifs is 5. The third-order valence-corrected chi connectivity index (χ3v) is 7.84. The van der Waals surface area contributed by atoms with Crippen LogP contribution in [-0.4, -0.2) is 40.3 Å². The second-order valence-electron chi connectivity index (χ2n) is 10.0. The number of para-hydroxylation sites is 2. The highest BCUT2D eigenvalue weighted by Crippen LogP contribution is 2.45. The minimum atomic E-state index is -1.15. The molecular formula is C29H34N4O3. The zero-order chi connectivity index (χ0) is 25.4. The summed E-state index contributed by atoms with van der Waals surface area (Å²) in [5.41, 5.74) is 2.32. The quantitative estimate of drug-likeness (QED) is 0.326. The second-order valence-corrected chi connectivity index (χ2v) is 10.0. The molecule has 1 aromatic heterocycles. The molecule has 2 atom stereocenters. The van der Waals surface area contributed by atoms with E-state index in [-0.39, 0.29) is 23.9 Å². The van der Waals surface area contributed by atoms with Crippen molar-refractivity contribution in [3.05, 3.63) is 65.4 Å². The molecule has 0 saturated carbocycles. The molecule has 2 aliphatic rings. The van der Waals surface area contributed by atoms with Crippen LogP contribution in [0, 0.1) is 0 Å². The number of nitrogens with one attached hydrogen (secondary N) is 2. The Morgan fingerprint density at radius 2 is 1.83 bits per heavy atom. The number of benzene rings is 2. The molecule has 3 aromatic rings. The molecule has 7 nitrogen and oxygen atoms in total. The van der Waals surface area contributed by atoms with E-state index in [0.717, 1.165) is 54.3 Å². The van der Waals surface area contributed by atoms with Crippen LogP contribution in [0.25, 0.3) is 10.9 Å². The van der Waals surface area contributed by atoms with E-state index in [9.17, 15) is 14.4 Å². The number of aromatic nitrogens is 1. The Labute approximate surface area is 211 Å². The van der Waals surface area contributed by atoms with Crippen LogP contribution in [0.2, 0.25) is 0 Å². The number of carbonyl (C=O) groups is 3. The van der Waals surface area contributed by atoms with Gasteiger partial charge in [-0.25, -0.2) is 9.69 Å². The summed E-state index contributed by atoms with van der Waals surface area (Å²) in [5, 5.41) is 4.22. The summed E-state index contributed by atoms with van der Waals surface area (Å²) in [7, 11) is 0. The SMILES string of the molecule is CCCCCC(CC)NC(=O)c1ccccc1N1C(=O)N2CCc3c([nH]c4ccccc34)[C@@]2(C)C1=O. The van der Waals surface area contributed by atoms with Gasteiger partial charge in [-0.2, -0.15) is 0 Å². The minimum Gasteiger partial charge on any atom is -0.356 e. The Morgan fingerprint density at radius 1 is 1.08 bits per heavy atom. The largest absolute Gasteiger partial charge is 0.356 e. The number of urea groups is 1. The van der Waals surface area contributed by atoms with E-state index in [0.29, 0.717) is 24.2 Å². The van der Waals surface area contributed by atoms with Gasteiger partial charge in [0.15, 0.2) is 5.54 Å². The van der Waals surface area contributed by atoms with Gasteiger partial charge in [-0.1, -0.05) is 63.4 Å². The van der Waals surface area contributed by atoms with Gasteiger partial charge in [0.1, 0.15) is 0 Å². The first-order valence-electron chi connectivity index (χ1n) is 13.1. The lowest BCUT2D eigenvalue weighted by atomic mass is 9.87. The monoisotopic (exact) mass is 486 g/mol. The zero-order valence-electron chi connectivity index (χ0n) is 21.3. The molecule has 0 spiro atoms. The van der Waals surface area contributed by atoms with Crippen LogP contribution in [0.5, 0.6) is 0 Å². The van der Waals surface area contributed by atoms with E-state index in [1.807, 2.05) is 31.2 Å². The van der Waals surface area contributed by atoms with Gasteiger partial charge in [0.2, 0.25) is 0 Å². The number of rotatable bonds is 8. The van der Waals surface area contributed by atoms with Crippen LogP contribution < -0.4 is 10.2 Å². The molecule has 188 valence electrons. The van der Waals surface area contributed by atoms with E-state index in [1.165, 1.54) is 4.90 Å². The molecule has 2 N–H and O–H groups in total. The first kappa shape index (κ1) is 24.1. The maximum absolute atomic E-state index is 14.1. The third kappa shape index (κ3) is 3.69. The van der Waals surface area contributed by atoms with Gasteiger partial charge in [0.05, 0.1) is 16.9 Å². The van der Waals surface area contributed by atoms with Crippen LogP contribution >= 0.6 is 0 Å². The summed E-state index contributed by atoms with van der Waals surface area (Å²) >= 11 is 0. The number of unbranched alkanes of at least 4 members (excludes halogenated alkanes) is 2. The van der Waals surface area contributed by atoms with E-state index >= 15 is 0 Å². The summed E-state index contributed by atoms with van der Waals surface area (Å²) in [6, 6.07) is 14.6. The molecule has 4 amide bonds. The van der Waals surface area contributed by atoms with E-state index < -0.39 is 5.54 Å². The molecule has 5 rings (SSSR count). The van der Waals surface area contributed by atoms with Gasteiger partial charge < -0.3 is 15.2 Å². The van der Waals surface area contributed by atoms with Gasteiger partial charge in [0, 0.05) is 23.5 Å². The molecule has 0 bridgehead atoms. The molecule has 1 unspecified atom stereocenters. The Hall–Kier alpha value is -3.61. The smallest absolute Gasteiger partial charge is 0.332 e. The van der Waals surface area contributed by atoms with Crippen molar-refractivity contribution in [1.82, 2.24) is 15.2 Å². The summed E-state index contributed by atoms with van der Waals surface area (Å²) in [6.07, 6.45) is 5.72. The van der Waals surface area contributed by atoms with Crippen molar-refractivity contribution < 1.29 is 14.4 Å². The number of nitrogens with zero attached hydrogens (tertiary/aromatic N) is 2. The Balaban J connectivity index is 1.49. The fourth-order valence-electron chi connectivity index (χ4n) is 5.75. The van der Waals surface area contributed by atoms with Crippen LogP contribution in [0.15, 0.2) is 48.5 Å². The van der Waals surface area contributed by atoms with Crippen LogP contribution in [0.4, 0.5) is 10.5 Å².